The number of nitrogens with one attached hydrogen (secondary N) is 1. The fraction of sp³-hybridized carbons (Fsp3) is 0.0952. The van der Waals surface area contributed by atoms with Gasteiger partial charge in [-0.3, -0.25) is 14.8 Å². The van der Waals surface area contributed by atoms with Crippen molar-refractivity contribution in [1.29, 1.82) is 0 Å². The van der Waals surface area contributed by atoms with E-state index in [9.17, 15) is 23.3 Å². The van der Waals surface area contributed by atoms with Crippen LogP contribution in [0.5, 0.6) is 5.75 Å². The largest absolute Gasteiger partial charge is 0.490 e. The Balaban J connectivity index is 1.68. The lowest BCUT2D eigenvalue weighted by Crippen LogP contribution is -2.18. The van der Waals surface area contributed by atoms with Crippen LogP contribution < -0.4 is 9.46 Å². The highest BCUT2D eigenvalue weighted by molar-refractivity contribution is 7.92. The molecule has 0 unspecified atom stereocenters. The van der Waals surface area contributed by atoms with Crippen molar-refractivity contribution in [2.24, 2.45) is 0 Å². The summed E-state index contributed by atoms with van der Waals surface area (Å²) in [7, 11) is -4.17. The molecule has 0 saturated heterocycles. The van der Waals surface area contributed by atoms with Gasteiger partial charge in [0.05, 0.1) is 21.1 Å². The quantitative estimate of drug-likeness (QED) is 0.232. The number of sulfonamides is 1. The average Bonchev–Trinajstić information content (AvgIpc) is 2.77. The van der Waals surface area contributed by atoms with E-state index < -0.39 is 20.9 Å². The summed E-state index contributed by atoms with van der Waals surface area (Å²) in [6.45, 7) is 0.0804. The van der Waals surface area contributed by atoms with Crippen molar-refractivity contribution < 1.29 is 27.6 Å². The van der Waals surface area contributed by atoms with Crippen LogP contribution in [0, 0.1) is 10.1 Å². The summed E-state index contributed by atoms with van der Waals surface area (Å²) in [4.78, 5) is 22.4. The van der Waals surface area contributed by atoms with Gasteiger partial charge in [0.25, 0.3) is 15.7 Å². The molecule has 0 amide bonds. The summed E-state index contributed by atoms with van der Waals surface area (Å²) in [5.41, 5.74) is -0.381. The zero-order valence-corrected chi connectivity index (χ0v) is 16.9. The van der Waals surface area contributed by atoms with Gasteiger partial charge in [0.1, 0.15) is 19.0 Å². The van der Waals surface area contributed by atoms with E-state index in [-0.39, 0.29) is 35.0 Å². The molecule has 3 aromatic carbocycles. The lowest BCUT2D eigenvalue weighted by molar-refractivity contribution is -0.385. The lowest BCUT2D eigenvalue weighted by Gasteiger charge is -2.12. The molecular formula is C21H18N2O7S. The highest BCUT2D eigenvalue weighted by Gasteiger charge is 2.21. The predicted molar refractivity (Wildman–Crippen MR) is 113 cm³/mol. The van der Waals surface area contributed by atoms with Crippen LogP contribution in [0.15, 0.2) is 83.8 Å². The molecule has 0 aliphatic carbocycles. The van der Waals surface area contributed by atoms with Gasteiger partial charge >= 0.3 is 5.97 Å². The monoisotopic (exact) mass is 442 g/mol. The van der Waals surface area contributed by atoms with E-state index in [1.165, 1.54) is 30.3 Å². The van der Waals surface area contributed by atoms with Gasteiger partial charge in [-0.25, -0.2) is 13.2 Å². The van der Waals surface area contributed by atoms with Crippen molar-refractivity contribution in [2.45, 2.75) is 4.90 Å². The number of carbonyl (C=O) groups is 1. The Hall–Kier alpha value is -3.92. The first-order chi connectivity index (χ1) is 14.9. The van der Waals surface area contributed by atoms with E-state index in [4.69, 9.17) is 9.47 Å². The molecule has 0 radical (unpaired) electrons. The summed E-state index contributed by atoms with van der Waals surface area (Å²) >= 11 is 0. The molecule has 0 aliphatic rings. The number of hydrogen-bond acceptors (Lipinski definition) is 7. The third-order valence-corrected chi connectivity index (χ3v) is 5.42. The van der Waals surface area contributed by atoms with Crippen LogP contribution in [0.4, 0.5) is 11.4 Å². The summed E-state index contributed by atoms with van der Waals surface area (Å²) in [5.74, 6) is -0.113. The molecule has 3 aromatic rings. The van der Waals surface area contributed by atoms with Crippen LogP contribution >= 0.6 is 0 Å². The normalized spacial score (nSPS) is 10.8. The van der Waals surface area contributed by atoms with Gasteiger partial charge in [-0.15, -0.1) is 0 Å². The average molecular weight is 442 g/mol. The Bertz CT molecular complexity index is 1180. The fourth-order valence-electron chi connectivity index (χ4n) is 2.61. The van der Waals surface area contributed by atoms with Gasteiger partial charge in [0.15, 0.2) is 0 Å². The number of benzene rings is 3. The van der Waals surface area contributed by atoms with Gasteiger partial charge in [0, 0.05) is 12.1 Å². The van der Waals surface area contributed by atoms with E-state index in [1.54, 1.807) is 24.3 Å². The molecule has 10 heteroatoms. The molecule has 9 nitrogen and oxygen atoms in total. The highest BCUT2D eigenvalue weighted by atomic mass is 32.2. The first-order valence-electron chi connectivity index (χ1n) is 9.08. The van der Waals surface area contributed by atoms with Crippen molar-refractivity contribution in [3.05, 3.63) is 94.5 Å². The molecule has 31 heavy (non-hydrogen) atoms. The van der Waals surface area contributed by atoms with Crippen LogP contribution in [0.1, 0.15) is 10.4 Å². The number of ether oxygens (including phenoxy) is 2. The zero-order valence-electron chi connectivity index (χ0n) is 16.1. The van der Waals surface area contributed by atoms with Crippen molar-refractivity contribution >= 4 is 27.4 Å². The Morgan fingerprint density at radius 1 is 0.935 bits per heavy atom. The molecule has 0 saturated carbocycles. The van der Waals surface area contributed by atoms with Crippen LogP contribution in [-0.4, -0.2) is 32.5 Å². The second-order valence-corrected chi connectivity index (χ2v) is 7.89. The highest BCUT2D eigenvalue weighted by Crippen LogP contribution is 2.23. The van der Waals surface area contributed by atoms with Gasteiger partial charge in [0.2, 0.25) is 0 Å². The van der Waals surface area contributed by atoms with Gasteiger partial charge in [-0.05, 0) is 30.3 Å². The Kier molecular flexibility index (Phi) is 6.83. The van der Waals surface area contributed by atoms with Crippen LogP contribution in [0.3, 0.4) is 0 Å². The molecule has 160 valence electrons. The maximum atomic E-state index is 12.7. The Morgan fingerprint density at radius 3 is 2.39 bits per heavy atom. The fourth-order valence-corrected chi connectivity index (χ4v) is 3.73. The van der Waals surface area contributed by atoms with E-state index >= 15 is 0 Å². The summed E-state index contributed by atoms with van der Waals surface area (Å²) in [5, 5.41) is 10.9. The zero-order chi connectivity index (χ0) is 22.3. The number of nitro groups is 1. The van der Waals surface area contributed by atoms with Crippen molar-refractivity contribution in [3.8, 4) is 5.75 Å². The standard InChI is InChI=1S/C21H18N2O7S/c24-21(30-14-13-29-17-8-2-1-3-9-17)19-11-4-5-12-20(19)22-31(27,28)18-10-6-7-16(15-18)23(25)26/h1-12,15,22H,13-14H2. The first kappa shape index (κ1) is 21.8. The summed E-state index contributed by atoms with van der Waals surface area (Å²) in [6, 6.07) is 19.5. The minimum atomic E-state index is -4.17. The van der Waals surface area contributed by atoms with Crippen molar-refractivity contribution in [1.82, 2.24) is 0 Å². The molecule has 3 rings (SSSR count). The molecule has 0 heterocycles. The van der Waals surface area contributed by atoms with Gasteiger partial charge in [-0.1, -0.05) is 36.4 Å². The maximum absolute atomic E-state index is 12.7. The molecule has 0 bridgehead atoms. The van der Waals surface area contributed by atoms with Crippen LogP contribution in [-0.2, 0) is 14.8 Å². The number of carbonyl (C=O) groups excluding carboxylic acids is 1. The second kappa shape index (κ2) is 9.72. The van der Waals surface area contributed by atoms with E-state index in [0.29, 0.717) is 5.75 Å². The molecule has 0 spiro atoms. The number of non-ortho nitro benzene ring substituents is 1. The third kappa shape index (κ3) is 5.80. The topological polar surface area (TPSA) is 125 Å². The first-order valence-corrected chi connectivity index (χ1v) is 10.6. The number of esters is 1. The minimum Gasteiger partial charge on any atom is -0.490 e. The van der Waals surface area contributed by atoms with Crippen LogP contribution in [0.25, 0.3) is 0 Å². The Labute approximate surface area is 178 Å². The number of anilines is 1. The number of para-hydroxylation sites is 2. The predicted octanol–water partition coefficient (Wildman–Crippen LogP) is 3.63. The third-order valence-electron chi connectivity index (χ3n) is 4.06. The van der Waals surface area contributed by atoms with E-state index in [1.807, 2.05) is 18.2 Å². The lowest BCUT2D eigenvalue weighted by atomic mass is 10.2. The van der Waals surface area contributed by atoms with E-state index in [2.05, 4.69) is 4.72 Å². The number of hydrogen-bond donors (Lipinski definition) is 1. The number of rotatable bonds is 9. The SMILES string of the molecule is O=C(OCCOc1ccccc1)c1ccccc1NS(=O)(=O)c1cccc([N+](=O)[O-])c1. The second-order valence-electron chi connectivity index (χ2n) is 6.20. The molecule has 0 aliphatic heterocycles. The molecular weight excluding hydrogens is 424 g/mol. The number of nitrogens with zero attached hydrogens (tertiary/aromatic N) is 1. The number of nitro benzene ring substituents is 1. The smallest absolute Gasteiger partial charge is 0.340 e. The van der Waals surface area contributed by atoms with Gasteiger partial charge < -0.3 is 9.47 Å². The summed E-state index contributed by atoms with van der Waals surface area (Å²) in [6.07, 6.45) is 0. The Morgan fingerprint density at radius 2 is 1.65 bits per heavy atom. The van der Waals surface area contributed by atoms with Crippen molar-refractivity contribution in [3.63, 3.8) is 0 Å². The molecule has 0 fully saturated rings. The molecule has 1 N–H and O–H groups in total. The van der Waals surface area contributed by atoms with Crippen molar-refractivity contribution in [2.75, 3.05) is 17.9 Å². The van der Waals surface area contributed by atoms with E-state index in [0.717, 1.165) is 6.07 Å². The molecule has 0 aromatic heterocycles. The van der Waals surface area contributed by atoms with Gasteiger partial charge in [-0.2, -0.15) is 0 Å². The minimum absolute atomic E-state index is 0.00350. The molecule has 0 atom stereocenters. The maximum Gasteiger partial charge on any atom is 0.340 e. The van der Waals surface area contributed by atoms with Crippen LogP contribution in [0.2, 0.25) is 0 Å². The summed E-state index contributed by atoms with van der Waals surface area (Å²) < 4.78 is 38.2.